The van der Waals surface area contributed by atoms with Crippen molar-refractivity contribution in [2.24, 2.45) is 0 Å². The van der Waals surface area contributed by atoms with E-state index in [1.807, 2.05) is 0 Å². The van der Waals surface area contributed by atoms with Crippen LogP contribution < -0.4 is 0 Å². The topological polar surface area (TPSA) is 0 Å². The van der Waals surface area contributed by atoms with Crippen LogP contribution in [0, 0.1) is 0 Å². The molecule has 0 unspecified atom stereocenters. The van der Waals surface area contributed by atoms with E-state index >= 15 is 0 Å². The molecule has 0 atom stereocenters. The van der Waals surface area contributed by atoms with Crippen LogP contribution in [0.2, 0.25) is 0 Å². The summed E-state index contributed by atoms with van der Waals surface area (Å²) in [7, 11) is 5.44. The van der Waals surface area contributed by atoms with E-state index in [2.05, 4.69) is 7.44 Å². The third kappa shape index (κ3) is 30.9. The molecule has 0 aromatic carbocycles. The van der Waals surface area contributed by atoms with Gasteiger partial charge in [0.2, 0.25) is 0 Å². The van der Waals surface area contributed by atoms with Gasteiger partial charge in [-0.1, -0.05) is 0 Å². The van der Waals surface area contributed by atoms with Gasteiger partial charge in [0, 0.05) is 80.7 Å². The Hall–Kier alpha value is 2.57. The fraction of sp³-hybridized carbons (Fsp3) is 0. The van der Waals surface area contributed by atoms with Gasteiger partial charge < -0.3 is 0 Å². The summed E-state index contributed by atoms with van der Waals surface area (Å²) in [6.07, 6.45) is 0. The van der Waals surface area contributed by atoms with Crippen LogP contribution in [0.3, 0.4) is 0 Å². The van der Waals surface area contributed by atoms with Crippen LogP contribution in [0.5, 0.6) is 0 Å². The van der Waals surface area contributed by atoms with Crippen LogP contribution in [-0.4, -0.2) is 17.6 Å². The van der Waals surface area contributed by atoms with Gasteiger partial charge in [0.1, 0.15) is 0 Å². The largest absolute Gasteiger partial charge is 0.0434 e. The smallest absolute Gasteiger partial charge is 0.0388 e. The Morgan fingerprint density at radius 2 is 1.17 bits per heavy atom. The predicted octanol–water partition coefficient (Wildman–Crippen LogP) is -1.57. The van der Waals surface area contributed by atoms with Crippen molar-refractivity contribution in [2.75, 3.05) is 0 Å². The maximum absolute atomic E-state index is 4.64. The van der Waals surface area contributed by atoms with Crippen molar-refractivity contribution in [1.29, 1.82) is 0 Å². The van der Waals surface area contributed by atoms with Crippen molar-refractivity contribution in [3.63, 3.8) is 0 Å². The van der Waals surface area contributed by atoms with Crippen molar-refractivity contribution < 1.29 is 73.3 Å². The molecule has 0 aliphatic rings. The summed E-state index contributed by atoms with van der Waals surface area (Å²) < 4.78 is 0. The molecule has 43 valence electrons. The first-order valence-corrected chi connectivity index (χ1v) is 1.73. The number of hydrogen-bond donors (Lipinski definition) is 0. The van der Waals surface area contributed by atoms with E-state index in [1.54, 1.807) is 0 Å². The molecule has 6 heteroatoms. The zero-order chi connectivity index (χ0) is 2.00. The van der Waals surface area contributed by atoms with Gasteiger partial charge in [-0.2, -0.15) is 0 Å². The molecule has 0 spiro atoms. The summed E-state index contributed by atoms with van der Waals surface area (Å²) in [4.78, 5) is 0. The summed E-state index contributed by atoms with van der Waals surface area (Å²) in [6.45, 7) is 0. The minimum absolute atomic E-state index is 0. The molecular weight excluding hydrogens is 310 g/mol. The molecule has 0 aliphatic carbocycles. The van der Waals surface area contributed by atoms with Crippen LogP contribution >= 0.6 is 0 Å². The van der Waals surface area contributed by atoms with E-state index in [4.69, 9.17) is 0 Å². The van der Waals surface area contributed by atoms with E-state index in [1.165, 1.54) is 0 Å². The molecule has 0 aromatic heterocycles. The molecule has 0 fully saturated rings. The van der Waals surface area contributed by atoms with Gasteiger partial charge in [-0.15, -0.1) is 0 Å². The summed E-state index contributed by atoms with van der Waals surface area (Å²) in [5, 5.41) is 0. The first kappa shape index (κ1) is 38.6. The van der Waals surface area contributed by atoms with Crippen molar-refractivity contribution in [1.82, 2.24) is 0 Å². The Balaban J connectivity index is -0.000000000833. The van der Waals surface area contributed by atoms with Gasteiger partial charge in [-0.05, 0) is 10.1 Å². The minimum atomic E-state index is 0. The molecule has 0 saturated heterocycles. The Morgan fingerprint density at radius 3 is 1.17 bits per heavy atom. The Morgan fingerprint density at radius 1 is 1.17 bits per heavy atom. The average molecular weight is 313 g/mol. The quantitative estimate of drug-likeness (QED) is 0.474. The number of hydrogen-bond acceptors (Lipinski definition) is 0. The second-order valence-electron chi connectivity index (χ2n) is 0. The summed E-state index contributed by atoms with van der Waals surface area (Å²) in [5.74, 6) is 0. The Bertz CT molecular complexity index is 15.5. The van der Waals surface area contributed by atoms with Crippen LogP contribution in [0.25, 0.3) is 0 Å². The molecule has 0 amide bonds. The molecule has 0 aliphatic heterocycles. The SMILES string of the molecule is [B][SiH3].[Co].[Cu].[Fe].[Nb]. The summed E-state index contributed by atoms with van der Waals surface area (Å²) in [6, 6.07) is 0. The maximum Gasteiger partial charge on any atom is 0.0434 e. The van der Waals surface area contributed by atoms with E-state index in [0.29, 0.717) is 0 Å². The van der Waals surface area contributed by atoms with Crippen molar-refractivity contribution >= 4 is 17.6 Å². The van der Waals surface area contributed by atoms with E-state index in [0.717, 1.165) is 10.1 Å². The summed E-state index contributed by atoms with van der Waals surface area (Å²) in [5.41, 5.74) is 0. The monoisotopic (exact) mass is 313 g/mol. The van der Waals surface area contributed by atoms with Crippen LogP contribution in [0.4, 0.5) is 0 Å². The third-order valence-corrected chi connectivity index (χ3v) is 0. The summed E-state index contributed by atoms with van der Waals surface area (Å²) >= 11 is 0. The zero-order valence-corrected chi connectivity index (χ0v) is 10.3. The fourth-order valence-corrected chi connectivity index (χ4v) is 0. The normalized spacial score (nSPS) is 1.33. The van der Waals surface area contributed by atoms with Crippen LogP contribution in [0.15, 0.2) is 0 Å². The average Bonchev–Trinajstić information content (AvgIpc) is 1.00. The van der Waals surface area contributed by atoms with Crippen molar-refractivity contribution in [2.45, 2.75) is 0 Å². The first-order valence-electron chi connectivity index (χ1n) is 0.577. The molecule has 0 heterocycles. The maximum atomic E-state index is 4.64. The van der Waals surface area contributed by atoms with E-state index in [9.17, 15) is 0 Å². The van der Waals surface area contributed by atoms with Crippen LogP contribution in [-0.2, 0) is 73.3 Å². The first-order chi connectivity index (χ1) is 1.00. The molecule has 0 rings (SSSR count). The molecule has 0 N–H and O–H groups in total. The molecular formula is H3BCoCuFeNbSi. The molecule has 0 saturated carbocycles. The number of rotatable bonds is 0. The fourth-order valence-electron chi connectivity index (χ4n) is 0. The van der Waals surface area contributed by atoms with E-state index < -0.39 is 0 Å². The zero-order valence-electron chi connectivity index (χ0n) is 3.01. The molecule has 6 heavy (non-hydrogen) atoms. The van der Waals surface area contributed by atoms with Crippen molar-refractivity contribution in [3.05, 3.63) is 0 Å². The molecule has 5 radical (unpaired) electrons. The molecule has 0 nitrogen and oxygen atoms in total. The standard InChI is InChI=1S/BH3Si.Co.Cu.Fe.Nb/c1-2;;;;/h2H3;;;;. The van der Waals surface area contributed by atoms with Gasteiger partial charge in [-0.3, -0.25) is 0 Å². The van der Waals surface area contributed by atoms with Crippen molar-refractivity contribution in [3.8, 4) is 0 Å². The Labute approximate surface area is 89.8 Å². The van der Waals surface area contributed by atoms with Gasteiger partial charge in [-0.25, -0.2) is 0 Å². The minimum Gasteiger partial charge on any atom is -0.0388 e. The van der Waals surface area contributed by atoms with Gasteiger partial charge in [0.25, 0.3) is 0 Å². The molecule has 0 bridgehead atoms. The van der Waals surface area contributed by atoms with Gasteiger partial charge >= 0.3 is 0 Å². The molecule has 0 aromatic rings. The van der Waals surface area contributed by atoms with Gasteiger partial charge in [0.05, 0.1) is 0 Å². The second kappa shape index (κ2) is 49.5. The predicted molar refractivity (Wildman–Crippen MR) is 15.7 cm³/mol. The van der Waals surface area contributed by atoms with Crippen LogP contribution in [0.1, 0.15) is 0 Å². The van der Waals surface area contributed by atoms with Gasteiger partial charge in [0.15, 0.2) is 0 Å². The Kier molecular flexibility index (Phi) is 318. The van der Waals surface area contributed by atoms with E-state index in [-0.39, 0.29) is 73.3 Å². The third-order valence-electron chi connectivity index (χ3n) is 0. The second-order valence-corrected chi connectivity index (χ2v) is 0.